The molecule has 0 spiro atoms. The lowest BCUT2D eigenvalue weighted by Crippen LogP contribution is -1.94. The highest BCUT2D eigenvalue weighted by Crippen LogP contribution is 2.46. The highest BCUT2D eigenvalue weighted by atomic mass is 15.0. The number of aromatic nitrogens is 2. The molecule has 9 aromatic carbocycles. The number of para-hydroxylation sites is 3. The first-order valence-electron chi connectivity index (χ1n) is 17.3. The van der Waals surface area contributed by atoms with Crippen molar-refractivity contribution in [1.29, 1.82) is 0 Å². The van der Waals surface area contributed by atoms with Gasteiger partial charge in [0.05, 0.1) is 22.1 Å². The van der Waals surface area contributed by atoms with E-state index in [2.05, 4.69) is 191 Å². The molecule has 2 heterocycles. The zero-order valence-electron chi connectivity index (χ0n) is 27.2. The van der Waals surface area contributed by atoms with Crippen molar-refractivity contribution in [2.24, 2.45) is 0 Å². The van der Waals surface area contributed by atoms with Crippen molar-refractivity contribution in [1.82, 2.24) is 9.13 Å². The third-order valence-corrected chi connectivity index (χ3v) is 10.7. The first-order valence-corrected chi connectivity index (χ1v) is 17.3. The minimum absolute atomic E-state index is 1.17. The van der Waals surface area contributed by atoms with Crippen LogP contribution in [0.1, 0.15) is 0 Å². The van der Waals surface area contributed by atoms with E-state index in [0.717, 1.165) is 0 Å². The van der Waals surface area contributed by atoms with E-state index in [-0.39, 0.29) is 0 Å². The lowest BCUT2D eigenvalue weighted by atomic mass is 9.92. The van der Waals surface area contributed by atoms with Gasteiger partial charge in [0.25, 0.3) is 0 Å². The van der Waals surface area contributed by atoms with Crippen LogP contribution in [0, 0.1) is 0 Å². The molecule has 0 atom stereocenters. The van der Waals surface area contributed by atoms with Gasteiger partial charge in [-0.2, -0.15) is 0 Å². The van der Waals surface area contributed by atoms with Crippen molar-refractivity contribution in [2.45, 2.75) is 0 Å². The molecule has 0 aliphatic heterocycles. The number of nitrogens with zero attached hydrogens (tertiary/aromatic N) is 2. The summed E-state index contributed by atoms with van der Waals surface area (Å²) in [5.74, 6) is 0. The van der Waals surface area contributed by atoms with Gasteiger partial charge in [0.15, 0.2) is 0 Å². The lowest BCUT2D eigenvalue weighted by Gasteiger charge is -2.13. The van der Waals surface area contributed by atoms with Crippen molar-refractivity contribution in [2.75, 3.05) is 0 Å². The van der Waals surface area contributed by atoms with Crippen molar-refractivity contribution < 1.29 is 0 Å². The Kier molecular flexibility index (Phi) is 5.70. The van der Waals surface area contributed by atoms with Crippen LogP contribution in [0.3, 0.4) is 0 Å². The largest absolute Gasteiger partial charge is 0.309 e. The molecule has 0 aliphatic rings. The maximum atomic E-state index is 2.48. The molecule has 0 radical (unpaired) electrons. The van der Waals surface area contributed by atoms with Crippen LogP contribution in [0.5, 0.6) is 0 Å². The summed E-state index contributed by atoms with van der Waals surface area (Å²) in [5.41, 5.74) is 9.67. The van der Waals surface area contributed by atoms with E-state index in [0.29, 0.717) is 0 Å². The molecule has 50 heavy (non-hydrogen) atoms. The molecule has 2 nitrogen and oxygen atoms in total. The molecule has 0 amide bonds. The second-order valence-electron chi connectivity index (χ2n) is 13.3. The average molecular weight is 635 g/mol. The van der Waals surface area contributed by atoms with Crippen molar-refractivity contribution in [3.05, 3.63) is 182 Å². The first-order chi connectivity index (χ1) is 24.8. The van der Waals surface area contributed by atoms with E-state index in [1.54, 1.807) is 0 Å². The fourth-order valence-corrected chi connectivity index (χ4v) is 8.52. The Hall–Kier alpha value is -6.64. The Labute approximate surface area is 288 Å². The predicted molar refractivity (Wildman–Crippen MR) is 213 cm³/mol. The minimum Gasteiger partial charge on any atom is -0.309 e. The van der Waals surface area contributed by atoms with Gasteiger partial charge in [-0.15, -0.1) is 0 Å². The van der Waals surface area contributed by atoms with Gasteiger partial charge in [-0.25, -0.2) is 0 Å². The lowest BCUT2D eigenvalue weighted by molar-refractivity contribution is 1.18. The highest BCUT2D eigenvalue weighted by Gasteiger charge is 2.21. The van der Waals surface area contributed by atoms with Crippen LogP contribution in [0.4, 0.5) is 0 Å². The average Bonchev–Trinajstić information content (AvgIpc) is 3.71. The Balaban J connectivity index is 1.27. The number of hydrogen-bond donors (Lipinski definition) is 0. The van der Waals surface area contributed by atoms with Crippen LogP contribution in [-0.2, 0) is 0 Å². The number of rotatable bonds is 3. The molecule has 11 aromatic rings. The first kappa shape index (κ1) is 27.3. The smallest absolute Gasteiger partial charge is 0.0626 e. The Morgan fingerprint density at radius 3 is 1.56 bits per heavy atom. The van der Waals surface area contributed by atoms with Crippen molar-refractivity contribution >= 4 is 75.9 Å². The molecule has 0 bridgehead atoms. The van der Waals surface area contributed by atoms with E-state index in [1.165, 1.54) is 98.4 Å². The summed E-state index contributed by atoms with van der Waals surface area (Å²) < 4.78 is 4.86. The third-order valence-electron chi connectivity index (χ3n) is 10.7. The van der Waals surface area contributed by atoms with E-state index in [4.69, 9.17) is 0 Å². The van der Waals surface area contributed by atoms with E-state index >= 15 is 0 Å². The summed E-state index contributed by atoms with van der Waals surface area (Å²) in [5, 5.41) is 12.8. The van der Waals surface area contributed by atoms with Crippen LogP contribution >= 0.6 is 0 Å². The minimum atomic E-state index is 1.17. The fourth-order valence-electron chi connectivity index (χ4n) is 8.52. The van der Waals surface area contributed by atoms with Crippen molar-refractivity contribution in [3.8, 4) is 22.5 Å². The van der Waals surface area contributed by atoms with Gasteiger partial charge >= 0.3 is 0 Å². The van der Waals surface area contributed by atoms with Crippen molar-refractivity contribution in [3.63, 3.8) is 0 Å². The Morgan fingerprint density at radius 1 is 0.280 bits per heavy atom. The molecule has 0 fully saturated rings. The molecule has 0 saturated heterocycles. The predicted octanol–water partition coefficient (Wildman–Crippen LogP) is 13.0. The van der Waals surface area contributed by atoms with Gasteiger partial charge in [-0.1, -0.05) is 127 Å². The molecule has 0 unspecified atom stereocenters. The second kappa shape index (κ2) is 10.4. The van der Waals surface area contributed by atoms with Gasteiger partial charge in [0.2, 0.25) is 0 Å². The number of benzene rings is 9. The van der Waals surface area contributed by atoms with Gasteiger partial charge in [-0.05, 0) is 87.3 Å². The van der Waals surface area contributed by atoms with Crippen LogP contribution in [0.25, 0.3) is 98.4 Å². The molecule has 2 aromatic heterocycles. The molecule has 0 aliphatic carbocycles. The SMILES string of the molecule is c1ccc(-n2c3ccccc3c3cc(-c4ccc5c(c4)c4c6c7ccccc7ccc6c6ccccc6c4n5-c4ccccc4)ccc32)cc1. The van der Waals surface area contributed by atoms with Crippen LogP contribution in [0.2, 0.25) is 0 Å². The normalized spacial score (nSPS) is 12.0. The molecule has 2 heteroatoms. The number of fused-ring (bicyclic) bond motifs is 13. The third kappa shape index (κ3) is 3.79. The highest BCUT2D eigenvalue weighted by molar-refractivity contribution is 6.37. The molecular formula is C48H30N2. The molecule has 0 saturated carbocycles. The zero-order chi connectivity index (χ0) is 32.8. The molecule has 0 N–H and O–H groups in total. The fraction of sp³-hybridized carbons (Fsp3) is 0. The Bertz CT molecular complexity index is 3130. The molecule has 11 rings (SSSR count). The summed E-state index contributed by atoms with van der Waals surface area (Å²) >= 11 is 0. The van der Waals surface area contributed by atoms with Crippen LogP contribution in [-0.4, -0.2) is 9.13 Å². The van der Waals surface area contributed by atoms with E-state index in [1.807, 2.05) is 0 Å². The summed E-state index contributed by atoms with van der Waals surface area (Å²) in [6.45, 7) is 0. The van der Waals surface area contributed by atoms with E-state index in [9.17, 15) is 0 Å². The topological polar surface area (TPSA) is 9.86 Å². The summed E-state index contributed by atoms with van der Waals surface area (Å²) in [6.07, 6.45) is 0. The second-order valence-corrected chi connectivity index (χ2v) is 13.3. The van der Waals surface area contributed by atoms with Gasteiger partial charge in [-0.3, -0.25) is 0 Å². The molecular weight excluding hydrogens is 605 g/mol. The van der Waals surface area contributed by atoms with Gasteiger partial charge in [0, 0.05) is 43.7 Å². The zero-order valence-corrected chi connectivity index (χ0v) is 27.2. The van der Waals surface area contributed by atoms with E-state index < -0.39 is 0 Å². The Morgan fingerprint density at radius 2 is 0.820 bits per heavy atom. The van der Waals surface area contributed by atoms with Gasteiger partial charge in [0.1, 0.15) is 0 Å². The number of hydrogen-bond acceptors (Lipinski definition) is 0. The monoisotopic (exact) mass is 634 g/mol. The standard InChI is InChI=1S/C48H30N2/c1-3-14-34(15-4-1)49-43-22-12-11-20-38(43)41-29-32(24-27-44(41)49)33-25-28-45-42(30-33)47-46-36-18-8-7-13-31(36)23-26-39(46)37-19-9-10-21-40(37)48(47)50(45)35-16-5-2-6-17-35/h1-30H. The van der Waals surface area contributed by atoms with Gasteiger partial charge < -0.3 is 9.13 Å². The molecule has 232 valence electrons. The summed E-state index contributed by atoms with van der Waals surface area (Å²) in [4.78, 5) is 0. The van der Waals surface area contributed by atoms with Crippen LogP contribution < -0.4 is 0 Å². The summed E-state index contributed by atoms with van der Waals surface area (Å²) in [7, 11) is 0. The van der Waals surface area contributed by atoms with Crippen LogP contribution in [0.15, 0.2) is 182 Å². The maximum absolute atomic E-state index is 2.48. The summed E-state index contributed by atoms with van der Waals surface area (Å²) in [6, 6.07) is 66.7. The quantitative estimate of drug-likeness (QED) is 0.171. The maximum Gasteiger partial charge on any atom is 0.0626 e.